The van der Waals surface area contributed by atoms with Crippen molar-refractivity contribution in [1.82, 2.24) is 9.97 Å². The van der Waals surface area contributed by atoms with Crippen molar-refractivity contribution in [1.29, 1.82) is 0 Å². The number of hydrogen-bond acceptors (Lipinski definition) is 6. The largest absolute Gasteiger partial charge is 0.497 e. The molecule has 150 valence electrons. The summed E-state index contributed by atoms with van der Waals surface area (Å²) in [5.41, 5.74) is 2.90. The van der Waals surface area contributed by atoms with Crippen molar-refractivity contribution in [3.05, 3.63) is 64.3 Å². The highest BCUT2D eigenvalue weighted by Crippen LogP contribution is 2.24. The number of carbonyl (C=O) groups is 1. The SMILES string of the molecule is CCNc1nc(C)cc(Nc2ccc(NC(=O)c3cc(OC)ccc3Br)cc2)n1. The maximum absolute atomic E-state index is 12.6. The molecular formula is C21H22BrN5O2. The Morgan fingerprint density at radius 1 is 1.07 bits per heavy atom. The van der Waals surface area contributed by atoms with Crippen LogP contribution in [0.15, 0.2) is 53.0 Å². The fourth-order valence-corrected chi connectivity index (χ4v) is 3.09. The van der Waals surface area contributed by atoms with Crippen LogP contribution in [0.25, 0.3) is 0 Å². The molecule has 3 rings (SSSR count). The lowest BCUT2D eigenvalue weighted by Gasteiger charge is -2.11. The summed E-state index contributed by atoms with van der Waals surface area (Å²) in [5.74, 6) is 1.68. The standard InChI is InChI=1S/C21H22BrN5O2/c1-4-23-21-24-13(2)11-19(27-21)25-14-5-7-15(8-6-14)26-20(28)17-12-16(29-3)9-10-18(17)22/h5-12H,4H2,1-3H3,(H,26,28)(H2,23,24,25,27). The number of nitrogens with one attached hydrogen (secondary N) is 3. The highest BCUT2D eigenvalue weighted by atomic mass is 79.9. The summed E-state index contributed by atoms with van der Waals surface area (Å²) in [6.07, 6.45) is 0. The van der Waals surface area contributed by atoms with Crippen molar-refractivity contribution in [3.8, 4) is 5.75 Å². The van der Waals surface area contributed by atoms with Crippen molar-refractivity contribution < 1.29 is 9.53 Å². The van der Waals surface area contributed by atoms with E-state index in [1.807, 2.05) is 44.2 Å². The summed E-state index contributed by atoms with van der Waals surface area (Å²) in [5, 5.41) is 9.25. The number of ether oxygens (including phenoxy) is 1. The average Bonchev–Trinajstić information content (AvgIpc) is 2.69. The van der Waals surface area contributed by atoms with Crippen LogP contribution in [-0.4, -0.2) is 29.5 Å². The van der Waals surface area contributed by atoms with Crippen LogP contribution in [0.3, 0.4) is 0 Å². The van der Waals surface area contributed by atoms with Crippen molar-refractivity contribution in [2.24, 2.45) is 0 Å². The van der Waals surface area contributed by atoms with E-state index < -0.39 is 0 Å². The summed E-state index contributed by atoms with van der Waals surface area (Å²) in [4.78, 5) is 21.4. The van der Waals surface area contributed by atoms with Crippen LogP contribution >= 0.6 is 15.9 Å². The van der Waals surface area contributed by atoms with Gasteiger partial charge in [0.1, 0.15) is 11.6 Å². The Labute approximate surface area is 178 Å². The molecule has 3 N–H and O–H groups in total. The van der Waals surface area contributed by atoms with E-state index in [1.165, 1.54) is 0 Å². The fraction of sp³-hybridized carbons (Fsp3) is 0.190. The van der Waals surface area contributed by atoms with Gasteiger partial charge >= 0.3 is 0 Å². The van der Waals surface area contributed by atoms with Gasteiger partial charge in [0.15, 0.2) is 0 Å². The third-order valence-electron chi connectivity index (χ3n) is 4.02. The molecular weight excluding hydrogens is 434 g/mol. The number of aromatic nitrogens is 2. The van der Waals surface area contributed by atoms with E-state index in [1.54, 1.807) is 25.3 Å². The van der Waals surface area contributed by atoms with Gasteiger partial charge < -0.3 is 20.7 Å². The zero-order valence-electron chi connectivity index (χ0n) is 16.4. The smallest absolute Gasteiger partial charge is 0.256 e. The van der Waals surface area contributed by atoms with Crippen molar-refractivity contribution in [2.45, 2.75) is 13.8 Å². The Kier molecular flexibility index (Phi) is 6.66. The van der Waals surface area contributed by atoms with Crippen LogP contribution in [-0.2, 0) is 0 Å². The third-order valence-corrected chi connectivity index (χ3v) is 4.71. The van der Waals surface area contributed by atoms with E-state index in [0.29, 0.717) is 33.2 Å². The number of carbonyl (C=O) groups excluding carboxylic acids is 1. The molecule has 1 amide bonds. The molecule has 0 aliphatic heterocycles. The van der Waals surface area contributed by atoms with Crippen molar-refractivity contribution >= 4 is 45.0 Å². The van der Waals surface area contributed by atoms with Crippen LogP contribution in [0.2, 0.25) is 0 Å². The molecule has 1 heterocycles. The molecule has 0 spiro atoms. The van der Waals surface area contributed by atoms with Gasteiger partial charge in [0.05, 0.1) is 12.7 Å². The topological polar surface area (TPSA) is 88.2 Å². The lowest BCUT2D eigenvalue weighted by molar-refractivity contribution is 0.102. The molecule has 0 fully saturated rings. The number of halogens is 1. The second-order valence-electron chi connectivity index (χ2n) is 6.25. The molecule has 0 aliphatic carbocycles. The molecule has 0 saturated heterocycles. The van der Waals surface area contributed by atoms with Gasteiger partial charge in [0.25, 0.3) is 5.91 Å². The minimum Gasteiger partial charge on any atom is -0.497 e. The molecule has 0 atom stereocenters. The summed E-state index contributed by atoms with van der Waals surface area (Å²) in [6, 6.07) is 14.5. The van der Waals surface area contributed by atoms with Crippen LogP contribution in [0.1, 0.15) is 23.0 Å². The first-order chi connectivity index (χ1) is 14.0. The number of benzene rings is 2. The quantitative estimate of drug-likeness (QED) is 0.465. The molecule has 1 aromatic heterocycles. The van der Waals surface area contributed by atoms with Gasteiger partial charge in [-0.3, -0.25) is 4.79 Å². The predicted molar refractivity (Wildman–Crippen MR) is 119 cm³/mol. The normalized spacial score (nSPS) is 10.3. The first-order valence-electron chi connectivity index (χ1n) is 9.10. The number of methoxy groups -OCH3 is 1. The minimum atomic E-state index is -0.224. The minimum absolute atomic E-state index is 0.224. The molecule has 0 saturated carbocycles. The van der Waals surface area contributed by atoms with E-state index in [9.17, 15) is 4.79 Å². The number of rotatable bonds is 7. The molecule has 7 nitrogen and oxygen atoms in total. The highest BCUT2D eigenvalue weighted by Gasteiger charge is 2.12. The number of aryl methyl sites for hydroxylation is 1. The van der Waals surface area contributed by atoms with E-state index >= 15 is 0 Å². The second-order valence-corrected chi connectivity index (χ2v) is 7.11. The Morgan fingerprint density at radius 2 is 1.79 bits per heavy atom. The van der Waals surface area contributed by atoms with Crippen LogP contribution < -0.4 is 20.7 Å². The molecule has 0 bridgehead atoms. The van der Waals surface area contributed by atoms with Gasteiger partial charge in [0, 0.05) is 34.2 Å². The van der Waals surface area contributed by atoms with Gasteiger partial charge in [-0.15, -0.1) is 0 Å². The predicted octanol–water partition coefficient (Wildman–Crippen LogP) is 4.98. The van der Waals surface area contributed by atoms with Crippen LogP contribution in [0.5, 0.6) is 5.75 Å². The second kappa shape index (κ2) is 9.38. The molecule has 0 radical (unpaired) electrons. The Morgan fingerprint density at radius 3 is 2.48 bits per heavy atom. The Bertz CT molecular complexity index is 1010. The van der Waals surface area contributed by atoms with E-state index in [4.69, 9.17) is 4.74 Å². The molecule has 0 aliphatic rings. The summed E-state index contributed by atoms with van der Waals surface area (Å²) in [7, 11) is 1.57. The highest BCUT2D eigenvalue weighted by molar-refractivity contribution is 9.10. The lowest BCUT2D eigenvalue weighted by atomic mass is 10.2. The Hall–Kier alpha value is -3.13. The van der Waals surface area contributed by atoms with Gasteiger partial charge in [-0.05, 0) is 72.2 Å². The molecule has 0 unspecified atom stereocenters. The van der Waals surface area contributed by atoms with Crippen molar-refractivity contribution in [2.75, 3.05) is 29.6 Å². The van der Waals surface area contributed by atoms with Gasteiger partial charge in [-0.2, -0.15) is 4.98 Å². The molecule has 2 aromatic carbocycles. The summed E-state index contributed by atoms with van der Waals surface area (Å²) < 4.78 is 5.89. The molecule has 8 heteroatoms. The monoisotopic (exact) mass is 455 g/mol. The van der Waals surface area contributed by atoms with Crippen LogP contribution in [0.4, 0.5) is 23.1 Å². The van der Waals surface area contributed by atoms with Crippen molar-refractivity contribution in [3.63, 3.8) is 0 Å². The Balaban J connectivity index is 1.70. The van der Waals surface area contributed by atoms with E-state index in [-0.39, 0.29) is 5.91 Å². The molecule has 29 heavy (non-hydrogen) atoms. The number of amides is 1. The first kappa shape index (κ1) is 20.6. The van der Waals surface area contributed by atoms with E-state index in [2.05, 4.69) is 41.8 Å². The number of anilines is 4. The number of hydrogen-bond donors (Lipinski definition) is 3. The van der Waals surface area contributed by atoms with Gasteiger partial charge in [-0.1, -0.05) is 0 Å². The fourth-order valence-electron chi connectivity index (χ4n) is 2.66. The maximum atomic E-state index is 12.6. The first-order valence-corrected chi connectivity index (χ1v) is 9.89. The average molecular weight is 456 g/mol. The van der Waals surface area contributed by atoms with Gasteiger partial charge in [-0.25, -0.2) is 4.98 Å². The van der Waals surface area contributed by atoms with E-state index in [0.717, 1.165) is 17.9 Å². The summed E-state index contributed by atoms with van der Waals surface area (Å²) >= 11 is 3.40. The summed E-state index contributed by atoms with van der Waals surface area (Å²) in [6.45, 7) is 4.67. The van der Waals surface area contributed by atoms with Crippen LogP contribution in [0, 0.1) is 6.92 Å². The zero-order valence-corrected chi connectivity index (χ0v) is 18.0. The molecule has 3 aromatic rings. The zero-order chi connectivity index (χ0) is 20.8. The van der Waals surface area contributed by atoms with Gasteiger partial charge in [0.2, 0.25) is 5.95 Å². The number of nitrogens with zero attached hydrogens (tertiary/aromatic N) is 2. The third kappa shape index (κ3) is 5.45. The maximum Gasteiger partial charge on any atom is 0.256 e. The lowest BCUT2D eigenvalue weighted by Crippen LogP contribution is -2.12.